The molecule has 0 saturated heterocycles. The molecule has 0 heterocycles. The molecule has 1 aliphatic carbocycles. The van der Waals surface area contributed by atoms with Gasteiger partial charge in [0, 0.05) is 16.0 Å². The van der Waals surface area contributed by atoms with E-state index >= 15 is 0 Å². The summed E-state index contributed by atoms with van der Waals surface area (Å²) in [7, 11) is 0. The molecule has 3 rings (SSSR count). The first-order valence-corrected chi connectivity index (χ1v) is 7.80. The van der Waals surface area contributed by atoms with Crippen LogP contribution in [0.3, 0.4) is 0 Å². The average Bonchev–Trinajstić information content (AvgIpc) is 3.14. The first-order chi connectivity index (χ1) is 10.1. The summed E-state index contributed by atoms with van der Waals surface area (Å²) in [6.07, 6.45) is 2.05. The standard InChI is InChI=1S/C19H19ClO/c1-3-17-18(14-6-4-13(12-21)5-7-14)19(17,2)15-8-10-16(20)11-9-15/h4-12,17-18H,3H2,1-2H3/t17-,18+,19+/m1/s1. The number of aldehydes is 1. The minimum absolute atomic E-state index is 0.169. The third-order valence-corrected chi connectivity index (χ3v) is 5.30. The third-order valence-electron chi connectivity index (χ3n) is 5.05. The molecule has 21 heavy (non-hydrogen) atoms. The lowest BCUT2D eigenvalue weighted by Gasteiger charge is -2.13. The van der Waals surface area contributed by atoms with Crippen molar-refractivity contribution in [2.75, 3.05) is 0 Å². The predicted octanol–water partition coefficient (Wildman–Crippen LogP) is 5.23. The van der Waals surface area contributed by atoms with Crippen molar-refractivity contribution in [2.45, 2.75) is 31.6 Å². The van der Waals surface area contributed by atoms with E-state index in [2.05, 4.69) is 38.1 Å². The maximum absolute atomic E-state index is 10.8. The Labute approximate surface area is 131 Å². The fraction of sp³-hybridized carbons (Fsp3) is 0.316. The van der Waals surface area contributed by atoms with E-state index < -0.39 is 0 Å². The van der Waals surface area contributed by atoms with E-state index in [1.165, 1.54) is 11.1 Å². The van der Waals surface area contributed by atoms with Crippen LogP contribution in [0.25, 0.3) is 0 Å². The van der Waals surface area contributed by atoms with Gasteiger partial charge in [0.2, 0.25) is 0 Å². The van der Waals surface area contributed by atoms with Crippen LogP contribution in [0, 0.1) is 5.92 Å². The second kappa shape index (κ2) is 5.31. The maximum Gasteiger partial charge on any atom is 0.150 e. The molecule has 2 aromatic carbocycles. The SMILES string of the molecule is CC[C@@H]1[C@H](c2ccc(C=O)cc2)[C@@]1(C)c1ccc(Cl)cc1. The van der Waals surface area contributed by atoms with Crippen LogP contribution >= 0.6 is 11.6 Å². The van der Waals surface area contributed by atoms with Crippen LogP contribution in [0.2, 0.25) is 5.02 Å². The van der Waals surface area contributed by atoms with Crippen molar-refractivity contribution in [2.24, 2.45) is 5.92 Å². The van der Waals surface area contributed by atoms with Crippen molar-refractivity contribution in [3.63, 3.8) is 0 Å². The van der Waals surface area contributed by atoms with Gasteiger partial charge in [-0.25, -0.2) is 0 Å². The molecule has 1 nitrogen and oxygen atoms in total. The van der Waals surface area contributed by atoms with E-state index in [1.54, 1.807) is 0 Å². The average molecular weight is 299 g/mol. The highest BCUT2D eigenvalue weighted by Crippen LogP contribution is 2.66. The molecule has 1 saturated carbocycles. The van der Waals surface area contributed by atoms with E-state index in [9.17, 15) is 4.79 Å². The summed E-state index contributed by atoms with van der Waals surface area (Å²) < 4.78 is 0. The van der Waals surface area contributed by atoms with Gasteiger partial charge in [0.1, 0.15) is 6.29 Å². The molecular formula is C19H19ClO. The van der Waals surface area contributed by atoms with Crippen molar-refractivity contribution in [3.05, 3.63) is 70.2 Å². The van der Waals surface area contributed by atoms with Crippen molar-refractivity contribution < 1.29 is 4.79 Å². The highest BCUT2D eigenvalue weighted by atomic mass is 35.5. The maximum atomic E-state index is 10.8. The Morgan fingerprint density at radius 1 is 1.10 bits per heavy atom. The van der Waals surface area contributed by atoms with Gasteiger partial charge in [0.25, 0.3) is 0 Å². The van der Waals surface area contributed by atoms with Gasteiger partial charge in [-0.3, -0.25) is 4.79 Å². The Morgan fingerprint density at radius 3 is 2.24 bits per heavy atom. The number of hydrogen-bond donors (Lipinski definition) is 0. The van der Waals surface area contributed by atoms with E-state index in [-0.39, 0.29) is 5.41 Å². The lowest BCUT2D eigenvalue weighted by atomic mass is 9.91. The molecule has 0 amide bonds. The molecule has 0 aliphatic heterocycles. The third kappa shape index (κ3) is 2.30. The van der Waals surface area contributed by atoms with E-state index in [0.29, 0.717) is 11.8 Å². The summed E-state index contributed by atoms with van der Waals surface area (Å²) in [6.45, 7) is 4.58. The normalized spacial score (nSPS) is 27.4. The lowest BCUT2D eigenvalue weighted by molar-refractivity contribution is 0.112. The van der Waals surface area contributed by atoms with E-state index in [4.69, 9.17) is 11.6 Å². The molecule has 0 aromatic heterocycles. The van der Waals surface area contributed by atoms with E-state index in [0.717, 1.165) is 23.3 Å². The zero-order valence-electron chi connectivity index (χ0n) is 12.3. The number of rotatable bonds is 4. The molecule has 1 fully saturated rings. The molecule has 3 atom stereocenters. The van der Waals surface area contributed by atoms with E-state index in [1.807, 2.05) is 24.3 Å². The van der Waals surface area contributed by atoms with Gasteiger partial charge in [-0.1, -0.05) is 68.3 Å². The van der Waals surface area contributed by atoms with Gasteiger partial charge in [-0.05, 0) is 35.1 Å². The monoisotopic (exact) mass is 298 g/mol. The number of benzene rings is 2. The quantitative estimate of drug-likeness (QED) is 0.706. The predicted molar refractivity (Wildman–Crippen MR) is 87.2 cm³/mol. The van der Waals surface area contributed by atoms with Gasteiger partial charge < -0.3 is 0 Å². The zero-order chi connectivity index (χ0) is 15.0. The summed E-state index contributed by atoms with van der Waals surface area (Å²) in [6, 6.07) is 16.2. The van der Waals surface area contributed by atoms with Crippen LogP contribution in [-0.2, 0) is 5.41 Å². The summed E-state index contributed by atoms with van der Waals surface area (Å²) in [5.74, 6) is 1.16. The van der Waals surface area contributed by atoms with Gasteiger partial charge in [0.05, 0.1) is 0 Å². The summed E-state index contributed by atoms with van der Waals surface area (Å²) in [5, 5.41) is 0.780. The number of hydrogen-bond acceptors (Lipinski definition) is 1. The highest BCUT2D eigenvalue weighted by molar-refractivity contribution is 6.30. The number of halogens is 1. The van der Waals surface area contributed by atoms with Crippen molar-refractivity contribution in [1.29, 1.82) is 0 Å². The molecular weight excluding hydrogens is 280 g/mol. The van der Waals surface area contributed by atoms with Gasteiger partial charge in [0.15, 0.2) is 0 Å². The molecule has 1 aliphatic rings. The van der Waals surface area contributed by atoms with Crippen LogP contribution in [0.5, 0.6) is 0 Å². The highest BCUT2D eigenvalue weighted by Gasteiger charge is 2.61. The lowest BCUT2D eigenvalue weighted by Crippen LogP contribution is -2.05. The topological polar surface area (TPSA) is 17.1 Å². The summed E-state index contributed by atoms with van der Waals surface area (Å²) in [5.41, 5.74) is 3.58. The van der Waals surface area contributed by atoms with Crippen LogP contribution in [0.1, 0.15) is 47.7 Å². The molecule has 2 aromatic rings. The molecule has 0 radical (unpaired) electrons. The van der Waals surface area contributed by atoms with Crippen LogP contribution in [-0.4, -0.2) is 6.29 Å². The first-order valence-electron chi connectivity index (χ1n) is 7.42. The molecule has 0 bridgehead atoms. The van der Waals surface area contributed by atoms with Crippen molar-refractivity contribution in [3.8, 4) is 0 Å². The molecule has 0 spiro atoms. The Balaban J connectivity index is 1.95. The fourth-order valence-corrected chi connectivity index (χ4v) is 3.95. The van der Waals surface area contributed by atoms with Crippen molar-refractivity contribution >= 4 is 17.9 Å². The Hall–Kier alpha value is -1.60. The zero-order valence-corrected chi connectivity index (χ0v) is 13.1. The molecule has 0 unspecified atom stereocenters. The summed E-state index contributed by atoms with van der Waals surface area (Å²) >= 11 is 6.01. The number of carbonyl (C=O) groups excluding carboxylic acids is 1. The second-order valence-corrected chi connectivity index (χ2v) is 6.50. The Morgan fingerprint density at radius 2 is 1.71 bits per heavy atom. The van der Waals surface area contributed by atoms with Crippen LogP contribution < -0.4 is 0 Å². The van der Waals surface area contributed by atoms with Crippen LogP contribution in [0.15, 0.2) is 48.5 Å². The first kappa shape index (κ1) is 14.3. The minimum Gasteiger partial charge on any atom is -0.298 e. The van der Waals surface area contributed by atoms with Gasteiger partial charge in [-0.2, -0.15) is 0 Å². The smallest absolute Gasteiger partial charge is 0.150 e. The Kier molecular flexibility index (Phi) is 3.62. The van der Waals surface area contributed by atoms with Gasteiger partial charge in [-0.15, -0.1) is 0 Å². The largest absolute Gasteiger partial charge is 0.298 e. The molecule has 0 N–H and O–H groups in total. The summed E-state index contributed by atoms with van der Waals surface area (Å²) in [4.78, 5) is 10.8. The Bertz CT molecular complexity index is 644. The van der Waals surface area contributed by atoms with Gasteiger partial charge >= 0.3 is 0 Å². The number of carbonyl (C=O) groups is 1. The fourth-order valence-electron chi connectivity index (χ4n) is 3.82. The molecule has 108 valence electrons. The second-order valence-electron chi connectivity index (χ2n) is 6.07. The molecule has 2 heteroatoms. The minimum atomic E-state index is 0.169. The van der Waals surface area contributed by atoms with Crippen molar-refractivity contribution in [1.82, 2.24) is 0 Å². The van der Waals surface area contributed by atoms with Crippen LogP contribution in [0.4, 0.5) is 0 Å².